The van der Waals surface area contributed by atoms with Crippen LogP contribution in [0.15, 0.2) is 41.8 Å². The third kappa shape index (κ3) is 3.45. The van der Waals surface area contributed by atoms with Crippen LogP contribution in [-0.2, 0) is 6.54 Å². The number of benzene rings is 1. The third-order valence-corrected chi connectivity index (χ3v) is 3.39. The Bertz CT molecular complexity index is 517. The van der Waals surface area contributed by atoms with Crippen molar-refractivity contribution in [3.05, 3.63) is 46.7 Å². The average molecular weight is 241 g/mol. The van der Waals surface area contributed by atoms with Gasteiger partial charge in [0.25, 0.3) is 0 Å². The highest BCUT2D eigenvalue weighted by Crippen LogP contribution is 2.25. The van der Waals surface area contributed by atoms with Gasteiger partial charge in [0.05, 0.1) is 6.54 Å². The number of nitrogens with one attached hydrogen (secondary N) is 1. The Morgan fingerprint density at radius 1 is 1.18 bits per heavy atom. The van der Waals surface area contributed by atoms with Crippen molar-refractivity contribution < 1.29 is 0 Å². The molecule has 0 aliphatic heterocycles. The van der Waals surface area contributed by atoms with Gasteiger partial charge >= 0.3 is 0 Å². The van der Waals surface area contributed by atoms with Gasteiger partial charge in [-0.15, -0.1) is 17.3 Å². The lowest BCUT2D eigenvalue weighted by molar-refractivity contribution is 0.781. The molecular weight excluding hydrogens is 226 g/mol. The second-order valence-corrected chi connectivity index (χ2v) is 4.69. The normalized spacial score (nSPS) is 9.71. The van der Waals surface area contributed by atoms with Gasteiger partial charge in [-0.05, 0) is 29.5 Å². The molecule has 0 fully saturated rings. The second-order valence-electron chi connectivity index (χ2n) is 3.70. The van der Waals surface area contributed by atoms with E-state index in [0.717, 1.165) is 13.1 Å². The summed E-state index contributed by atoms with van der Waals surface area (Å²) in [5.74, 6) is 5.88. The largest absolute Gasteiger partial charge is 0.301 e. The topological polar surface area (TPSA) is 12.0 Å². The van der Waals surface area contributed by atoms with Gasteiger partial charge in [-0.2, -0.15) is 0 Å². The van der Waals surface area contributed by atoms with Crippen LogP contribution in [-0.4, -0.2) is 6.54 Å². The summed E-state index contributed by atoms with van der Waals surface area (Å²) in [7, 11) is 0. The van der Waals surface area contributed by atoms with Gasteiger partial charge in [0.2, 0.25) is 0 Å². The smallest absolute Gasteiger partial charge is 0.0579 e. The Hall–Kier alpha value is -1.56. The molecule has 0 atom stereocenters. The van der Waals surface area contributed by atoms with Gasteiger partial charge in [0, 0.05) is 11.4 Å². The van der Waals surface area contributed by atoms with Crippen LogP contribution in [0, 0.1) is 11.8 Å². The van der Waals surface area contributed by atoms with Gasteiger partial charge in [-0.3, -0.25) is 0 Å². The first kappa shape index (κ1) is 11.9. The number of hydrogen-bond acceptors (Lipinski definition) is 2. The molecule has 0 radical (unpaired) electrons. The lowest BCUT2D eigenvalue weighted by atomic mass is 10.1. The zero-order valence-electron chi connectivity index (χ0n) is 9.86. The first-order valence-corrected chi connectivity index (χ1v) is 6.51. The minimum atomic E-state index is 0.759. The van der Waals surface area contributed by atoms with E-state index >= 15 is 0 Å². The van der Waals surface area contributed by atoms with Crippen molar-refractivity contribution in [1.82, 2.24) is 5.32 Å². The fourth-order valence-electron chi connectivity index (χ4n) is 1.59. The van der Waals surface area contributed by atoms with Crippen molar-refractivity contribution in [3.63, 3.8) is 0 Å². The predicted octanol–water partition coefficient (Wildman–Crippen LogP) is 3.53. The molecule has 2 rings (SSSR count). The summed E-state index contributed by atoms with van der Waals surface area (Å²) in [4.78, 5) is 1.35. The van der Waals surface area contributed by atoms with Gasteiger partial charge < -0.3 is 5.32 Å². The Balaban J connectivity index is 1.98. The fourth-order valence-corrected chi connectivity index (χ4v) is 2.45. The number of rotatable bonds is 4. The molecule has 0 unspecified atom stereocenters. The quantitative estimate of drug-likeness (QED) is 0.638. The molecule has 1 heterocycles. The molecule has 86 valence electrons. The molecule has 17 heavy (non-hydrogen) atoms. The Morgan fingerprint density at radius 2 is 2.00 bits per heavy atom. The summed E-state index contributed by atoms with van der Waals surface area (Å²) >= 11 is 1.79. The summed E-state index contributed by atoms with van der Waals surface area (Å²) in [6, 6.07) is 12.7. The molecule has 0 saturated carbocycles. The summed E-state index contributed by atoms with van der Waals surface area (Å²) in [6.45, 7) is 3.52. The molecule has 0 saturated heterocycles. The third-order valence-electron chi connectivity index (χ3n) is 2.45. The molecule has 0 aliphatic rings. The first-order valence-electron chi connectivity index (χ1n) is 5.63. The maximum Gasteiger partial charge on any atom is 0.0579 e. The van der Waals surface area contributed by atoms with Gasteiger partial charge in [-0.25, -0.2) is 0 Å². The first-order chi connectivity index (χ1) is 8.40. The minimum Gasteiger partial charge on any atom is -0.301 e. The molecule has 1 aromatic carbocycles. The van der Waals surface area contributed by atoms with E-state index in [-0.39, 0.29) is 0 Å². The standard InChI is InChI=1S/C15H15NS/c1-2-3-9-16-11-15-10-14(12-17-15)13-7-5-4-6-8-13/h4-8,10,12,16H,9,11H2,1H3. The van der Waals surface area contributed by atoms with Crippen LogP contribution >= 0.6 is 11.3 Å². The van der Waals surface area contributed by atoms with Crippen molar-refractivity contribution in [3.8, 4) is 23.0 Å². The van der Waals surface area contributed by atoms with E-state index in [4.69, 9.17) is 0 Å². The van der Waals surface area contributed by atoms with E-state index < -0.39 is 0 Å². The minimum absolute atomic E-state index is 0.759. The monoisotopic (exact) mass is 241 g/mol. The molecule has 0 bridgehead atoms. The van der Waals surface area contributed by atoms with Gasteiger partial charge in [0.15, 0.2) is 0 Å². The molecule has 2 heteroatoms. The van der Waals surface area contributed by atoms with E-state index in [1.807, 2.05) is 13.0 Å². The molecule has 1 nitrogen and oxygen atoms in total. The predicted molar refractivity (Wildman–Crippen MR) is 74.9 cm³/mol. The van der Waals surface area contributed by atoms with Crippen molar-refractivity contribution >= 4 is 11.3 Å². The van der Waals surface area contributed by atoms with Gasteiger partial charge in [-0.1, -0.05) is 36.3 Å². The second kappa shape index (κ2) is 6.24. The maximum atomic E-state index is 3.30. The molecule has 0 spiro atoms. The Morgan fingerprint density at radius 3 is 2.76 bits per heavy atom. The van der Waals surface area contributed by atoms with Crippen LogP contribution in [0.2, 0.25) is 0 Å². The maximum absolute atomic E-state index is 3.30. The molecule has 1 N–H and O–H groups in total. The lowest BCUT2D eigenvalue weighted by Crippen LogP contribution is -2.11. The zero-order chi connectivity index (χ0) is 11.9. The van der Waals surface area contributed by atoms with Crippen LogP contribution in [0.3, 0.4) is 0 Å². The van der Waals surface area contributed by atoms with Crippen LogP contribution in [0.4, 0.5) is 0 Å². The number of thiophene rings is 1. The molecule has 0 amide bonds. The van der Waals surface area contributed by atoms with Crippen LogP contribution in [0.25, 0.3) is 11.1 Å². The summed E-state index contributed by atoms with van der Waals surface area (Å²) in [5.41, 5.74) is 2.58. The summed E-state index contributed by atoms with van der Waals surface area (Å²) in [6.07, 6.45) is 0. The number of hydrogen-bond donors (Lipinski definition) is 1. The lowest BCUT2D eigenvalue weighted by Gasteiger charge is -1.97. The van der Waals surface area contributed by atoms with Crippen LogP contribution in [0.1, 0.15) is 11.8 Å². The summed E-state index contributed by atoms with van der Waals surface area (Å²) in [5, 5.41) is 5.51. The van der Waals surface area contributed by atoms with E-state index in [2.05, 4.69) is 52.9 Å². The van der Waals surface area contributed by atoms with Crippen molar-refractivity contribution in [2.75, 3.05) is 6.54 Å². The highest BCUT2D eigenvalue weighted by molar-refractivity contribution is 7.10. The van der Waals surface area contributed by atoms with Crippen molar-refractivity contribution in [1.29, 1.82) is 0 Å². The van der Waals surface area contributed by atoms with Crippen LogP contribution < -0.4 is 5.32 Å². The van der Waals surface area contributed by atoms with Crippen molar-refractivity contribution in [2.24, 2.45) is 0 Å². The van der Waals surface area contributed by atoms with E-state index in [0.29, 0.717) is 0 Å². The van der Waals surface area contributed by atoms with Gasteiger partial charge in [0.1, 0.15) is 0 Å². The van der Waals surface area contributed by atoms with E-state index in [1.54, 1.807) is 11.3 Å². The highest BCUT2D eigenvalue weighted by Gasteiger charge is 2.01. The van der Waals surface area contributed by atoms with Crippen molar-refractivity contribution in [2.45, 2.75) is 13.5 Å². The molecular formula is C15H15NS. The fraction of sp³-hybridized carbons (Fsp3) is 0.200. The molecule has 0 aliphatic carbocycles. The zero-order valence-corrected chi connectivity index (χ0v) is 10.7. The van der Waals surface area contributed by atoms with E-state index in [9.17, 15) is 0 Å². The molecule has 2 aromatic rings. The molecule has 1 aromatic heterocycles. The SMILES string of the molecule is CC#CCNCc1cc(-c2ccccc2)cs1. The summed E-state index contributed by atoms with van der Waals surface area (Å²) < 4.78 is 0. The Labute approximate surface area is 107 Å². The average Bonchev–Trinajstić information content (AvgIpc) is 2.85. The van der Waals surface area contributed by atoms with E-state index in [1.165, 1.54) is 16.0 Å². The Kier molecular flexibility index (Phi) is 4.37. The van der Waals surface area contributed by atoms with Crippen LogP contribution in [0.5, 0.6) is 0 Å². The highest BCUT2D eigenvalue weighted by atomic mass is 32.1.